The summed E-state index contributed by atoms with van der Waals surface area (Å²) in [7, 11) is 1.61. The second-order valence-electron chi connectivity index (χ2n) is 4.86. The number of anilines is 1. The van der Waals surface area contributed by atoms with Crippen molar-refractivity contribution in [1.82, 2.24) is 0 Å². The minimum absolute atomic E-state index is 0.353. The maximum absolute atomic E-state index is 11.6. The van der Waals surface area contributed by atoms with E-state index in [4.69, 9.17) is 10.5 Å². The van der Waals surface area contributed by atoms with E-state index in [1.165, 1.54) is 5.56 Å². The molecule has 21 heavy (non-hydrogen) atoms. The van der Waals surface area contributed by atoms with E-state index >= 15 is 0 Å². The number of aryl methyl sites for hydroxylation is 1. The highest BCUT2D eigenvalue weighted by atomic mass is 16.5. The van der Waals surface area contributed by atoms with Gasteiger partial charge in [0.05, 0.1) is 7.11 Å². The molecule has 0 fully saturated rings. The Bertz CT molecular complexity index is 584. The van der Waals surface area contributed by atoms with Crippen LogP contribution in [0.25, 0.3) is 0 Å². The summed E-state index contributed by atoms with van der Waals surface area (Å²) in [6.07, 6.45) is 1.45. The molecule has 0 saturated heterocycles. The monoisotopic (exact) mass is 284 g/mol. The largest absolute Gasteiger partial charge is 0.497 e. The molecular formula is C17H20N2O2. The minimum Gasteiger partial charge on any atom is -0.497 e. The predicted molar refractivity (Wildman–Crippen MR) is 84.4 cm³/mol. The Morgan fingerprint density at radius 1 is 1.19 bits per heavy atom. The van der Waals surface area contributed by atoms with Gasteiger partial charge < -0.3 is 15.8 Å². The Kier molecular flexibility index (Phi) is 5.21. The summed E-state index contributed by atoms with van der Waals surface area (Å²) < 4.78 is 5.17. The molecule has 0 saturated carbocycles. The van der Waals surface area contributed by atoms with Gasteiger partial charge in [0, 0.05) is 11.8 Å². The third kappa shape index (κ3) is 4.53. The summed E-state index contributed by atoms with van der Waals surface area (Å²) in [4.78, 5) is 11.6. The molecule has 0 bridgehead atoms. The molecule has 4 heteroatoms. The summed E-state index contributed by atoms with van der Waals surface area (Å²) in [6.45, 7) is 0. The average Bonchev–Trinajstić information content (AvgIpc) is 2.52. The highest BCUT2D eigenvalue weighted by Crippen LogP contribution is 2.18. The Hall–Kier alpha value is -2.49. The summed E-state index contributed by atoms with van der Waals surface area (Å²) in [5.41, 5.74) is 7.50. The third-order valence-corrected chi connectivity index (χ3v) is 3.32. The molecule has 2 aromatic carbocycles. The van der Waals surface area contributed by atoms with E-state index in [2.05, 4.69) is 5.32 Å². The van der Waals surface area contributed by atoms with Crippen LogP contribution < -0.4 is 15.8 Å². The van der Waals surface area contributed by atoms with Crippen molar-refractivity contribution < 1.29 is 9.53 Å². The molecule has 2 rings (SSSR count). The van der Waals surface area contributed by atoms with Gasteiger partial charge in [-0.1, -0.05) is 36.4 Å². The highest BCUT2D eigenvalue weighted by Gasteiger charge is 2.15. The van der Waals surface area contributed by atoms with E-state index in [0.29, 0.717) is 6.42 Å². The Balaban J connectivity index is 2.00. The zero-order valence-corrected chi connectivity index (χ0v) is 12.1. The van der Waals surface area contributed by atoms with Gasteiger partial charge >= 0.3 is 0 Å². The highest BCUT2D eigenvalue weighted by molar-refractivity contribution is 5.83. The van der Waals surface area contributed by atoms with Gasteiger partial charge in [-0.3, -0.25) is 4.79 Å². The van der Waals surface area contributed by atoms with Crippen LogP contribution >= 0.6 is 0 Å². The number of rotatable bonds is 7. The van der Waals surface area contributed by atoms with Crippen LogP contribution in [0.15, 0.2) is 54.6 Å². The van der Waals surface area contributed by atoms with E-state index < -0.39 is 6.04 Å². The van der Waals surface area contributed by atoms with Crippen molar-refractivity contribution in [3.63, 3.8) is 0 Å². The summed E-state index contributed by atoms with van der Waals surface area (Å²) in [5, 5.41) is 3.17. The smallest absolute Gasteiger partial charge is 0.239 e. The summed E-state index contributed by atoms with van der Waals surface area (Å²) in [6, 6.07) is 17.1. The van der Waals surface area contributed by atoms with Crippen LogP contribution in [0.3, 0.4) is 0 Å². The van der Waals surface area contributed by atoms with Crippen molar-refractivity contribution in [3.05, 3.63) is 60.2 Å². The van der Waals surface area contributed by atoms with Gasteiger partial charge in [-0.25, -0.2) is 0 Å². The molecule has 0 aliphatic rings. The van der Waals surface area contributed by atoms with Crippen LogP contribution in [0.5, 0.6) is 5.75 Å². The van der Waals surface area contributed by atoms with Crippen molar-refractivity contribution in [2.24, 2.45) is 5.73 Å². The van der Waals surface area contributed by atoms with Crippen LogP contribution in [-0.2, 0) is 11.2 Å². The number of nitrogens with two attached hydrogens (primary N) is 1. The fraction of sp³-hybridized carbons (Fsp3) is 0.235. The van der Waals surface area contributed by atoms with Gasteiger partial charge in [0.25, 0.3) is 0 Å². The van der Waals surface area contributed by atoms with E-state index in [0.717, 1.165) is 17.9 Å². The van der Waals surface area contributed by atoms with E-state index in [9.17, 15) is 4.79 Å². The molecule has 0 radical (unpaired) electrons. The van der Waals surface area contributed by atoms with Gasteiger partial charge in [0.2, 0.25) is 5.91 Å². The number of hydrogen-bond acceptors (Lipinski definition) is 3. The van der Waals surface area contributed by atoms with Crippen molar-refractivity contribution in [1.29, 1.82) is 0 Å². The van der Waals surface area contributed by atoms with Gasteiger partial charge in [-0.15, -0.1) is 0 Å². The maximum atomic E-state index is 11.6. The van der Waals surface area contributed by atoms with E-state index in [1.54, 1.807) is 7.11 Å². The van der Waals surface area contributed by atoms with Gasteiger partial charge in [0.15, 0.2) is 0 Å². The van der Waals surface area contributed by atoms with E-state index in [-0.39, 0.29) is 5.91 Å². The standard InChI is InChI=1S/C17H20N2O2/c1-21-15-9-5-8-14(12-15)19-16(17(18)20)11-10-13-6-3-2-4-7-13/h2-9,12,16,19H,10-11H2,1H3,(H2,18,20). The molecule has 2 aromatic rings. The first-order valence-electron chi connectivity index (χ1n) is 6.93. The predicted octanol–water partition coefficient (Wildman–Crippen LogP) is 2.59. The zero-order valence-electron chi connectivity index (χ0n) is 12.1. The van der Waals surface area contributed by atoms with Crippen molar-refractivity contribution in [2.75, 3.05) is 12.4 Å². The van der Waals surface area contributed by atoms with Crippen LogP contribution in [-0.4, -0.2) is 19.1 Å². The van der Waals surface area contributed by atoms with Crippen LogP contribution in [0.1, 0.15) is 12.0 Å². The maximum Gasteiger partial charge on any atom is 0.239 e. The minimum atomic E-state index is -0.405. The summed E-state index contributed by atoms with van der Waals surface area (Å²) >= 11 is 0. The first-order valence-corrected chi connectivity index (χ1v) is 6.93. The first kappa shape index (κ1) is 14.9. The van der Waals surface area contributed by atoms with Crippen LogP contribution in [0.4, 0.5) is 5.69 Å². The number of benzene rings is 2. The molecule has 0 heterocycles. The topological polar surface area (TPSA) is 64.3 Å². The van der Waals surface area contributed by atoms with Crippen molar-refractivity contribution in [3.8, 4) is 5.75 Å². The quantitative estimate of drug-likeness (QED) is 0.821. The lowest BCUT2D eigenvalue weighted by Gasteiger charge is -2.17. The first-order chi connectivity index (χ1) is 10.2. The number of primary amides is 1. The van der Waals surface area contributed by atoms with Gasteiger partial charge in [-0.05, 0) is 30.5 Å². The Morgan fingerprint density at radius 3 is 2.62 bits per heavy atom. The molecule has 1 atom stereocenters. The molecule has 1 amide bonds. The SMILES string of the molecule is COc1cccc(NC(CCc2ccccc2)C(N)=O)c1. The Labute approximate surface area is 124 Å². The zero-order chi connectivity index (χ0) is 15.1. The third-order valence-electron chi connectivity index (χ3n) is 3.32. The van der Waals surface area contributed by atoms with Gasteiger partial charge in [0.1, 0.15) is 11.8 Å². The number of ether oxygens (including phenoxy) is 1. The molecule has 4 nitrogen and oxygen atoms in total. The lowest BCUT2D eigenvalue weighted by Crippen LogP contribution is -2.35. The molecule has 0 spiro atoms. The molecule has 1 unspecified atom stereocenters. The Morgan fingerprint density at radius 2 is 1.95 bits per heavy atom. The molecule has 0 aliphatic heterocycles. The lowest BCUT2D eigenvalue weighted by atomic mass is 10.0. The second-order valence-corrected chi connectivity index (χ2v) is 4.86. The molecule has 0 aromatic heterocycles. The van der Waals surface area contributed by atoms with Crippen molar-refractivity contribution in [2.45, 2.75) is 18.9 Å². The second kappa shape index (κ2) is 7.33. The lowest BCUT2D eigenvalue weighted by molar-refractivity contribution is -0.118. The number of carbonyl (C=O) groups excluding carboxylic acids is 1. The molecule has 110 valence electrons. The van der Waals surface area contributed by atoms with E-state index in [1.807, 2.05) is 54.6 Å². The normalized spacial score (nSPS) is 11.7. The molecule has 3 N–H and O–H groups in total. The fourth-order valence-electron chi connectivity index (χ4n) is 2.16. The number of amides is 1. The van der Waals surface area contributed by atoms with Gasteiger partial charge in [-0.2, -0.15) is 0 Å². The number of nitrogens with one attached hydrogen (secondary N) is 1. The summed E-state index contributed by atoms with van der Waals surface area (Å²) in [5.74, 6) is 0.389. The van der Waals surface area contributed by atoms with Crippen molar-refractivity contribution >= 4 is 11.6 Å². The van der Waals surface area contributed by atoms with Crippen LogP contribution in [0.2, 0.25) is 0 Å². The number of carbonyl (C=O) groups is 1. The van der Waals surface area contributed by atoms with Crippen LogP contribution in [0, 0.1) is 0 Å². The average molecular weight is 284 g/mol. The molecular weight excluding hydrogens is 264 g/mol. The molecule has 0 aliphatic carbocycles. The number of hydrogen-bond donors (Lipinski definition) is 2. The fourth-order valence-corrected chi connectivity index (χ4v) is 2.16. The number of methoxy groups -OCH3 is 1.